The van der Waals surface area contributed by atoms with Crippen LogP contribution in [0.1, 0.15) is 54.4 Å². The van der Waals surface area contributed by atoms with Crippen LogP contribution in [0.4, 0.5) is 0 Å². The van der Waals surface area contributed by atoms with Gasteiger partial charge in [-0.3, -0.25) is 0 Å². The number of allylic oxidation sites excluding steroid dienone is 7. The Labute approximate surface area is 115 Å². The zero-order valence-electron chi connectivity index (χ0n) is 12.9. The van der Waals surface area contributed by atoms with E-state index >= 15 is 0 Å². The molecule has 0 bridgehead atoms. The molecule has 18 heavy (non-hydrogen) atoms. The summed E-state index contributed by atoms with van der Waals surface area (Å²) in [6, 6.07) is 0. The fraction of sp³-hybridized carbons (Fsp3) is 0.529. The molecule has 0 amide bonds. The molecule has 98 valence electrons. The number of hydrogen-bond donors (Lipinski definition) is 0. The summed E-state index contributed by atoms with van der Waals surface area (Å²) in [5, 5.41) is 0. The monoisotopic (exact) mass is 242 g/mol. The summed E-state index contributed by atoms with van der Waals surface area (Å²) >= 11 is 0. The van der Waals surface area contributed by atoms with E-state index in [1.165, 1.54) is 16.7 Å². The van der Waals surface area contributed by atoms with Gasteiger partial charge in [-0.2, -0.15) is 0 Å². The van der Waals surface area contributed by atoms with Crippen LogP contribution in [0.25, 0.3) is 0 Å². The van der Waals surface area contributed by atoms with Gasteiger partial charge in [0.2, 0.25) is 0 Å². The van der Waals surface area contributed by atoms with Crippen molar-refractivity contribution in [2.24, 2.45) is 5.41 Å². The van der Waals surface area contributed by atoms with Crippen molar-refractivity contribution in [2.75, 3.05) is 0 Å². The van der Waals surface area contributed by atoms with E-state index < -0.39 is 0 Å². The van der Waals surface area contributed by atoms with E-state index in [0.29, 0.717) is 0 Å². The highest BCUT2D eigenvalue weighted by Crippen LogP contribution is 2.36. The summed E-state index contributed by atoms with van der Waals surface area (Å²) in [6.45, 7) is 16.8. The van der Waals surface area contributed by atoms with Gasteiger partial charge in [0.15, 0.2) is 0 Å². The Bertz CT molecular complexity index is 382. The lowest BCUT2D eigenvalue weighted by atomic mass is 9.75. The molecule has 0 spiro atoms. The van der Waals surface area contributed by atoms with Gasteiger partial charge in [0.1, 0.15) is 7.85 Å². The Kier molecular flexibility index (Phi) is 7.05. The summed E-state index contributed by atoms with van der Waals surface area (Å²) < 4.78 is 0. The van der Waals surface area contributed by atoms with Crippen LogP contribution in [0.3, 0.4) is 0 Å². The Morgan fingerprint density at radius 1 is 1.22 bits per heavy atom. The van der Waals surface area contributed by atoms with Gasteiger partial charge >= 0.3 is 0 Å². The molecule has 0 aromatic rings. The van der Waals surface area contributed by atoms with Crippen molar-refractivity contribution in [1.82, 2.24) is 0 Å². The van der Waals surface area contributed by atoms with Crippen molar-refractivity contribution < 1.29 is 0 Å². The summed E-state index contributed by atoms with van der Waals surface area (Å²) in [6.07, 6.45) is 8.21. The highest BCUT2D eigenvalue weighted by molar-refractivity contribution is 6.22. The molecule has 2 radical (unpaired) electrons. The van der Waals surface area contributed by atoms with Gasteiger partial charge in [-0.25, -0.2) is 0 Å². The molecule has 0 saturated heterocycles. The molecule has 0 N–H and O–H groups in total. The first kappa shape index (κ1) is 17.0. The average molecular weight is 242 g/mol. The predicted molar refractivity (Wildman–Crippen MR) is 84.9 cm³/mol. The average Bonchev–Trinajstić information content (AvgIpc) is 2.41. The van der Waals surface area contributed by atoms with Crippen LogP contribution in [0.2, 0.25) is 0 Å². The summed E-state index contributed by atoms with van der Waals surface area (Å²) in [7, 11) is 6.05. The SMILES string of the molecule is [B]/C(CC)=C(C)/C(C)=C(\C)C(C)(C=C)C/C=C\C. The van der Waals surface area contributed by atoms with E-state index in [2.05, 4.69) is 60.3 Å². The van der Waals surface area contributed by atoms with Gasteiger partial charge in [-0.05, 0) is 46.1 Å². The highest BCUT2D eigenvalue weighted by atomic mass is 14.3. The molecule has 0 rings (SSSR count). The fourth-order valence-electron chi connectivity index (χ4n) is 1.97. The quantitative estimate of drug-likeness (QED) is 0.335. The third-order valence-corrected chi connectivity index (χ3v) is 4.07. The molecule has 1 atom stereocenters. The molecular formula is C17H27B. The number of rotatable bonds is 6. The van der Waals surface area contributed by atoms with Crippen LogP contribution in [-0.2, 0) is 0 Å². The standard InChI is InChI=1S/C17H27B/c1-8-11-12-17(7,10-3)15(6)13(4)14(5)16(18)9-2/h8,10-11H,3,9,12H2,1-2,4-7H3/b11-8-,15-13+,16-14+. The van der Waals surface area contributed by atoms with E-state index in [1.807, 2.05) is 6.08 Å². The second kappa shape index (κ2) is 7.46. The Balaban J connectivity index is 5.56. The van der Waals surface area contributed by atoms with Gasteiger partial charge in [0.25, 0.3) is 0 Å². The Morgan fingerprint density at radius 3 is 2.17 bits per heavy atom. The first-order valence-electron chi connectivity index (χ1n) is 6.72. The largest absolute Gasteiger partial charge is 0.115 e. The fourth-order valence-corrected chi connectivity index (χ4v) is 1.97. The zero-order valence-corrected chi connectivity index (χ0v) is 12.9. The van der Waals surface area contributed by atoms with E-state index in [-0.39, 0.29) is 5.41 Å². The summed E-state index contributed by atoms with van der Waals surface area (Å²) in [5.74, 6) is 0. The minimum atomic E-state index is 0.00583. The molecule has 0 heterocycles. The third kappa shape index (κ3) is 4.05. The molecular weight excluding hydrogens is 215 g/mol. The van der Waals surface area contributed by atoms with Crippen molar-refractivity contribution in [3.05, 3.63) is 47.0 Å². The van der Waals surface area contributed by atoms with E-state index in [1.54, 1.807) is 0 Å². The van der Waals surface area contributed by atoms with Crippen molar-refractivity contribution in [1.29, 1.82) is 0 Å². The molecule has 1 unspecified atom stereocenters. The van der Waals surface area contributed by atoms with Crippen molar-refractivity contribution in [3.63, 3.8) is 0 Å². The minimum Gasteiger partial charge on any atom is -0.115 e. The Morgan fingerprint density at radius 2 is 1.78 bits per heavy atom. The molecule has 1 heteroatoms. The third-order valence-electron chi connectivity index (χ3n) is 4.07. The molecule has 0 aliphatic rings. The van der Waals surface area contributed by atoms with Crippen LogP contribution in [-0.4, -0.2) is 7.85 Å². The summed E-state index contributed by atoms with van der Waals surface area (Å²) in [4.78, 5) is 0. The van der Waals surface area contributed by atoms with Gasteiger partial charge in [-0.1, -0.05) is 43.2 Å². The molecule has 0 nitrogen and oxygen atoms in total. The van der Waals surface area contributed by atoms with Crippen LogP contribution in [0.5, 0.6) is 0 Å². The zero-order chi connectivity index (χ0) is 14.3. The molecule has 0 aromatic heterocycles. The van der Waals surface area contributed by atoms with Crippen molar-refractivity contribution in [3.8, 4) is 0 Å². The van der Waals surface area contributed by atoms with Crippen LogP contribution in [0, 0.1) is 5.41 Å². The van der Waals surface area contributed by atoms with Gasteiger partial charge in [0.05, 0.1) is 0 Å². The maximum atomic E-state index is 6.05. The maximum absolute atomic E-state index is 6.05. The Hall–Kier alpha value is -0.975. The van der Waals surface area contributed by atoms with E-state index in [9.17, 15) is 0 Å². The van der Waals surface area contributed by atoms with Gasteiger partial charge in [0, 0.05) is 5.41 Å². The topological polar surface area (TPSA) is 0 Å². The first-order chi connectivity index (χ1) is 8.33. The molecule has 0 aliphatic heterocycles. The van der Waals surface area contributed by atoms with E-state index in [4.69, 9.17) is 7.85 Å². The molecule has 0 aromatic carbocycles. The van der Waals surface area contributed by atoms with Crippen LogP contribution >= 0.6 is 0 Å². The van der Waals surface area contributed by atoms with Gasteiger partial charge in [-0.15, -0.1) is 12.1 Å². The minimum absolute atomic E-state index is 0.00583. The van der Waals surface area contributed by atoms with Crippen molar-refractivity contribution in [2.45, 2.75) is 54.4 Å². The molecule has 0 fully saturated rings. The second-order valence-electron chi connectivity index (χ2n) is 5.15. The highest BCUT2D eigenvalue weighted by Gasteiger charge is 2.23. The van der Waals surface area contributed by atoms with Crippen LogP contribution < -0.4 is 0 Å². The molecule has 0 aliphatic carbocycles. The predicted octanol–water partition coefficient (Wildman–Crippen LogP) is 5.33. The lowest BCUT2D eigenvalue weighted by molar-refractivity contribution is 0.518. The smallest absolute Gasteiger partial charge is 0.108 e. The normalized spacial score (nSPS) is 18.1. The van der Waals surface area contributed by atoms with Gasteiger partial charge < -0.3 is 0 Å². The number of hydrogen-bond acceptors (Lipinski definition) is 0. The second-order valence-corrected chi connectivity index (χ2v) is 5.15. The lowest BCUT2D eigenvalue weighted by Crippen LogP contribution is -2.15. The first-order valence-corrected chi connectivity index (χ1v) is 6.72. The summed E-state index contributed by atoms with van der Waals surface area (Å²) in [5.41, 5.74) is 4.84. The van der Waals surface area contributed by atoms with E-state index in [0.717, 1.165) is 18.3 Å². The lowest BCUT2D eigenvalue weighted by Gasteiger charge is -2.28. The molecule has 0 saturated carbocycles. The van der Waals surface area contributed by atoms with Crippen molar-refractivity contribution >= 4 is 7.85 Å². The maximum Gasteiger partial charge on any atom is 0.108 e. The van der Waals surface area contributed by atoms with Crippen LogP contribution in [0.15, 0.2) is 47.0 Å².